The van der Waals surface area contributed by atoms with Gasteiger partial charge in [0.05, 0.1) is 0 Å². The summed E-state index contributed by atoms with van der Waals surface area (Å²) in [5.74, 6) is 0.634. The number of benzene rings is 1. The van der Waals surface area contributed by atoms with Gasteiger partial charge in [-0.2, -0.15) is 0 Å². The zero-order chi connectivity index (χ0) is 14.8. The van der Waals surface area contributed by atoms with E-state index in [1.54, 1.807) is 0 Å². The lowest BCUT2D eigenvalue weighted by Gasteiger charge is -2.39. The average molecular weight is 287 g/mol. The Morgan fingerprint density at radius 1 is 1.33 bits per heavy atom. The van der Waals surface area contributed by atoms with Gasteiger partial charge in [-0.25, -0.2) is 0 Å². The van der Waals surface area contributed by atoms with Gasteiger partial charge in [-0.05, 0) is 25.1 Å². The van der Waals surface area contributed by atoms with Crippen LogP contribution >= 0.6 is 0 Å². The molecule has 1 fully saturated rings. The highest BCUT2D eigenvalue weighted by Crippen LogP contribution is 2.33. The van der Waals surface area contributed by atoms with Crippen molar-refractivity contribution in [3.8, 4) is 0 Å². The molecule has 4 nitrogen and oxygen atoms in total. The molecule has 1 aromatic carbocycles. The molecule has 4 heteroatoms. The predicted molar refractivity (Wildman–Crippen MR) is 85.6 cm³/mol. The quantitative estimate of drug-likeness (QED) is 0.925. The molecule has 0 spiro atoms. The van der Waals surface area contributed by atoms with E-state index < -0.39 is 0 Å². The van der Waals surface area contributed by atoms with Gasteiger partial charge < -0.3 is 10.2 Å². The van der Waals surface area contributed by atoms with Crippen LogP contribution in [0.4, 0.5) is 5.69 Å². The Balaban J connectivity index is 1.60. The van der Waals surface area contributed by atoms with Crippen molar-refractivity contribution in [2.75, 3.05) is 38.0 Å². The van der Waals surface area contributed by atoms with E-state index in [4.69, 9.17) is 0 Å². The van der Waals surface area contributed by atoms with Crippen molar-refractivity contribution in [3.05, 3.63) is 29.8 Å². The summed E-state index contributed by atoms with van der Waals surface area (Å²) in [6, 6.07) is 8.82. The standard InChI is InChI=1S/C17H25N3O/c1-3-19-8-9-20(12-13(19)2)17(21)10-14-11-18-16-7-5-4-6-15(14)16/h4-7,13-14,18H,3,8-12H2,1-2H3. The maximum Gasteiger partial charge on any atom is 0.223 e. The molecule has 2 atom stereocenters. The van der Waals surface area contributed by atoms with Crippen molar-refractivity contribution >= 4 is 11.6 Å². The summed E-state index contributed by atoms with van der Waals surface area (Å²) in [5, 5.41) is 3.40. The molecule has 0 aliphatic carbocycles. The van der Waals surface area contributed by atoms with Crippen LogP contribution in [0.1, 0.15) is 31.7 Å². The first-order valence-electron chi connectivity index (χ1n) is 8.03. The van der Waals surface area contributed by atoms with Crippen LogP contribution in [0.5, 0.6) is 0 Å². The molecule has 1 N–H and O–H groups in total. The predicted octanol–water partition coefficient (Wildman–Crippen LogP) is 2.14. The number of rotatable bonds is 3. The molecule has 2 aliphatic heterocycles. The van der Waals surface area contributed by atoms with Gasteiger partial charge in [0.15, 0.2) is 0 Å². The minimum absolute atomic E-state index is 0.307. The summed E-state index contributed by atoms with van der Waals surface area (Å²) in [6.45, 7) is 9.11. The third-order valence-electron chi connectivity index (χ3n) is 4.88. The molecule has 1 saturated heterocycles. The number of nitrogens with zero attached hydrogens (tertiary/aromatic N) is 2. The van der Waals surface area contributed by atoms with Crippen LogP contribution in [0.3, 0.4) is 0 Å². The maximum atomic E-state index is 12.6. The largest absolute Gasteiger partial charge is 0.384 e. The van der Waals surface area contributed by atoms with Crippen molar-refractivity contribution in [2.45, 2.75) is 32.2 Å². The number of anilines is 1. The Morgan fingerprint density at radius 2 is 2.14 bits per heavy atom. The Kier molecular flexibility index (Phi) is 4.15. The van der Waals surface area contributed by atoms with E-state index in [0.717, 1.165) is 32.7 Å². The molecule has 1 amide bonds. The van der Waals surface area contributed by atoms with Crippen LogP contribution in [0.2, 0.25) is 0 Å². The zero-order valence-electron chi connectivity index (χ0n) is 13.0. The second-order valence-corrected chi connectivity index (χ2v) is 6.19. The van der Waals surface area contributed by atoms with Gasteiger partial charge in [-0.15, -0.1) is 0 Å². The summed E-state index contributed by atoms with van der Waals surface area (Å²) < 4.78 is 0. The minimum atomic E-state index is 0.307. The van der Waals surface area contributed by atoms with Crippen molar-refractivity contribution in [3.63, 3.8) is 0 Å². The highest BCUT2D eigenvalue weighted by molar-refractivity contribution is 5.78. The lowest BCUT2D eigenvalue weighted by Crippen LogP contribution is -2.53. The topological polar surface area (TPSA) is 35.6 Å². The lowest BCUT2D eigenvalue weighted by atomic mass is 9.97. The molecular weight excluding hydrogens is 262 g/mol. The number of carbonyl (C=O) groups is 1. The molecule has 1 aromatic rings. The number of nitrogens with one attached hydrogen (secondary N) is 1. The third-order valence-corrected chi connectivity index (χ3v) is 4.88. The van der Waals surface area contributed by atoms with Crippen LogP contribution in [0, 0.1) is 0 Å². The molecule has 0 aromatic heterocycles. The summed E-state index contributed by atoms with van der Waals surface area (Å²) in [4.78, 5) is 17.1. The Labute approximate surface area is 127 Å². The van der Waals surface area contributed by atoms with E-state index in [-0.39, 0.29) is 0 Å². The van der Waals surface area contributed by atoms with E-state index in [9.17, 15) is 4.79 Å². The minimum Gasteiger partial charge on any atom is -0.384 e. The fourth-order valence-electron chi connectivity index (χ4n) is 3.57. The molecular formula is C17H25N3O. The van der Waals surface area contributed by atoms with Crippen LogP contribution in [-0.2, 0) is 4.79 Å². The van der Waals surface area contributed by atoms with Gasteiger partial charge in [-0.1, -0.05) is 25.1 Å². The number of amides is 1. The fourth-order valence-corrected chi connectivity index (χ4v) is 3.57. The number of hydrogen-bond acceptors (Lipinski definition) is 3. The molecule has 0 radical (unpaired) electrons. The van der Waals surface area contributed by atoms with Crippen LogP contribution in [0.25, 0.3) is 0 Å². The van der Waals surface area contributed by atoms with Gasteiger partial charge in [0, 0.05) is 50.2 Å². The molecule has 2 aliphatic rings. The SMILES string of the molecule is CCN1CCN(C(=O)CC2CNc3ccccc32)CC1C. The number of fused-ring (bicyclic) bond motifs is 1. The Hall–Kier alpha value is -1.55. The van der Waals surface area contributed by atoms with Gasteiger partial charge in [0.1, 0.15) is 0 Å². The van der Waals surface area contributed by atoms with Gasteiger partial charge in [0.25, 0.3) is 0 Å². The Morgan fingerprint density at radius 3 is 2.90 bits per heavy atom. The highest BCUT2D eigenvalue weighted by Gasteiger charge is 2.29. The monoisotopic (exact) mass is 287 g/mol. The van der Waals surface area contributed by atoms with Crippen LogP contribution < -0.4 is 5.32 Å². The van der Waals surface area contributed by atoms with Crippen LogP contribution in [-0.4, -0.2) is 54.5 Å². The number of carbonyl (C=O) groups excluding carboxylic acids is 1. The van der Waals surface area contributed by atoms with Crippen LogP contribution in [0.15, 0.2) is 24.3 Å². The highest BCUT2D eigenvalue weighted by atomic mass is 16.2. The summed E-state index contributed by atoms with van der Waals surface area (Å²) in [6.07, 6.45) is 0.628. The molecule has 2 unspecified atom stereocenters. The van der Waals surface area contributed by atoms with Crippen molar-refractivity contribution < 1.29 is 4.79 Å². The maximum absolute atomic E-state index is 12.6. The number of para-hydroxylation sites is 1. The second kappa shape index (κ2) is 6.06. The van der Waals surface area contributed by atoms with E-state index in [1.807, 2.05) is 6.07 Å². The average Bonchev–Trinajstić information content (AvgIpc) is 2.90. The van der Waals surface area contributed by atoms with Crippen molar-refractivity contribution in [2.24, 2.45) is 0 Å². The first-order valence-corrected chi connectivity index (χ1v) is 8.03. The molecule has 0 saturated carbocycles. The van der Waals surface area contributed by atoms with E-state index in [0.29, 0.717) is 24.3 Å². The first kappa shape index (κ1) is 14.4. The summed E-state index contributed by atoms with van der Waals surface area (Å²) in [5.41, 5.74) is 2.49. The van der Waals surface area contributed by atoms with Crippen molar-refractivity contribution in [1.82, 2.24) is 9.80 Å². The third kappa shape index (κ3) is 2.91. The summed E-state index contributed by atoms with van der Waals surface area (Å²) in [7, 11) is 0. The number of piperazine rings is 1. The molecule has 3 rings (SSSR count). The van der Waals surface area contributed by atoms with Crippen molar-refractivity contribution in [1.29, 1.82) is 0 Å². The number of likely N-dealkylation sites (N-methyl/N-ethyl adjacent to an activating group) is 1. The van der Waals surface area contributed by atoms with Gasteiger partial charge in [-0.3, -0.25) is 9.69 Å². The Bertz CT molecular complexity index is 517. The molecule has 114 valence electrons. The fraction of sp³-hybridized carbons (Fsp3) is 0.588. The lowest BCUT2D eigenvalue weighted by molar-refractivity contribution is -0.134. The first-order chi connectivity index (χ1) is 10.2. The molecule has 21 heavy (non-hydrogen) atoms. The summed E-state index contributed by atoms with van der Waals surface area (Å²) >= 11 is 0. The number of hydrogen-bond donors (Lipinski definition) is 1. The normalized spacial score (nSPS) is 25.5. The smallest absolute Gasteiger partial charge is 0.223 e. The molecule has 0 bridgehead atoms. The second-order valence-electron chi connectivity index (χ2n) is 6.19. The van der Waals surface area contributed by atoms with E-state index in [2.05, 4.69) is 47.2 Å². The van der Waals surface area contributed by atoms with E-state index in [1.165, 1.54) is 11.3 Å². The molecule has 2 heterocycles. The van der Waals surface area contributed by atoms with Gasteiger partial charge >= 0.3 is 0 Å². The van der Waals surface area contributed by atoms with Gasteiger partial charge in [0.2, 0.25) is 5.91 Å². The van der Waals surface area contributed by atoms with E-state index >= 15 is 0 Å². The zero-order valence-corrected chi connectivity index (χ0v) is 13.0.